The van der Waals surface area contributed by atoms with Crippen molar-refractivity contribution in [3.63, 3.8) is 0 Å². The van der Waals surface area contributed by atoms with Crippen LogP contribution < -0.4 is 9.80 Å². The number of thioether (sulfide) groups is 2. The molecule has 0 bridgehead atoms. The third-order valence-corrected chi connectivity index (χ3v) is 9.29. The van der Waals surface area contributed by atoms with Crippen LogP contribution in [0.4, 0.5) is 11.4 Å². The molecule has 39 heavy (non-hydrogen) atoms. The number of esters is 1. The number of carbonyl (C=O) groups excluding carboxylic acids is 1. The molecule has 9 heteroatoms. The summed E-state index contributed by atoms with van der Waals surface area (Å²) in [5.74, 6) is 4.72. The zero-order valence-electron chi connectivity index (χ0n) is 23.0. The predicted octanol–water partition coefficient (Wildman–Crippen LogP) is 4.79. The van der Waals surface area contributed by atoms with Gasteiger partial charge in [-0.25, -0.2) is 0 Å². The van der Waals surface area contributed by atoms with Gasteiger partial charge in [0.2, 0.25) is 0 Å². The maximum absolute atomic E-state index is 11.4. The second kappa shape index (κ2) is 16.4. The number of thiocarbonyl (C=S) groups is 1. The van der Waals surface area contributed by atoms with Crippen LogP contribution in [0.25, 0.3) is 0 Å². The van der Waals surface area contributed by atoms with Gasteiger partial charge in [0.1, 0.15) is 0 Å². The Morgan fingerprint density at radius 2 is 1.23 bits per heavy atom. The van der Waals surface area contributed by atoms with Crippen molar-refractivity contribution in [2.45, 2.75) is 19.8 Å². The lowest BCUT2D eigenvalue weighted by Gasteiger charge is -2.30. The second-order valence-corrected chi connectivity index (χ2v) is 12.6. The molecule has 0 N–H and O–H groups in total. The number of rotatable bonds is 7. The third-order valence-electron chi connectivity index (χ3n) is 7.00. The van der Waals surface area contributed by atoms with Crippen LogP contribution in [0.5, 0.6) is 0 Å². The van der Waals surface area contributed by atoms with Crippen LogP contribution in [0, 0.1) is 0 Å². The monoisotopic (exact) mass is 587 g/mol. The first-order chi connectivity index (χ1) is 19.1. The van der Waals surface area contributed by atoms with E-state index in [2.05, 4.69) is 51.1 Å². The Kier molecular flexibility index (Phi) is 12.6. The molecule has 0 radical (unpaired) electrons. The fourth-order valence-corrected chi connectivity index (χ4v) is 6.93. The lowest BCUT2D eigenvalue weighted by Crippen LogP contribution is -2.40. The molecule has 0 aromatic heterocycles. The second-order valence-electron chi connectivity index (χ2n) is 9.68. The van der Waals surface area contributed by atoms with Gasteiger partial charge in [-0.1, -0.05) is 36.5 Å². The Morgan fingerprint density at radius 3 is 1.69 bits per heavy atom. The average molecular weight is 588 g/mol. The Hall–Kier alpha value is -1.94. The van der Waals surface area contributed by atoms with Gasteiger partial charge in [0.05, 0.1) is 31.2 Å². The number of benzene rings is 2. The first-order valence-corrected chi connectivity index (χ1v) is 16.7. The molecular weight excluding hydrogens is 547 g/mol. The highest BCUT2D eigenvalue weighted by atomic mass is 32.2. The Morgan fingerprint density at radius 1 is 0.769 bits per heavy atom. The van der Waals surface area contributed by atoms with Crippen LogP contribution in [0.1, 0.15) is 18.1 Å². The Labute approximate surface area is 247 Å². The summed E-state index contributed by atoms with van der Waals surface area (Å²) in [5, 5.41) is 0. The van der Waals surface area contributed by atoms with E-state index in [9.17, 15) is 4.79 Å². The number of morpholine rings is 1. The molecule has 3 heterocycles. The van der Waals surface area contributed by atoms with E-state index in [1.807, 2.05) is 42.6 Å². The number of hydrogen-bond donors (Lipinski definition) is 0. The van der Waals surface area contributed by atoms with Gasteiger partial charge >= 0.3 is 5.97 Å². The highest BCUT2D eigenvalue weighted by molar-refractivity contribution is 7.99. The van der Waals surface area contributed by atoms with Crippen molar-refractivity contribution in [1.82, 2.24) is 4.90 Å². The molecule has 0 atom stereocenters. The van der Waals surface area contributed by atoms with Crippen molar-refractivity contribution in [2.75, 3.05) is 91.9 Å². The quantitative estimate of drug-likeness (QED) is 0.336. The number of nitrogens with zero attached hydrogens (tertiary/aromatic N) is 3. The van der Waals surface area contributed by atoms with Gasteiger partial charge in [0, 0.05) is 80.1 Å². The maximum atomic E-state index is 11.4. The zero-order chi connectivity index (χ0) is 27.3. The molecule has 2 aromatic rings. The lowest BCUT2D eigenvalue weighted by atomic mass is 10.1. The zero-order valence-corrected chi connectivity index (χ0v) is 25.5. The summed E-state index contributed by atoms with van der Waals surface area (Å²) in [6.45, 7) is 10.3. The number of carbonyl (C=O) groups is 1. The molecule has 3 fully saturated rings. The molecule has 3 saturated heterocycles. The summed E-state index contributed by atoms with van der Waals surface area (Å²) in [5.41, 5.74) is 4.92. The van der Waals surface area contributed by atoms with E-state index in [1.54, 1.807) is 0 Å². The molecule has 212 valence electrons. The first kappa shape index (κ1) is 30.0. The molecule has 5 rings (SSSR count). The van der Waals surface area contributed by atoms with E-state index >= 15 is 0 Å². The van der Waals surface area contributed by atoms with Crippen molar-refractivity contribution >= 4 is 58.1 Å². The minimum Gasteiger partial charge on any atom is -0.466 e. The van der Waals surface area contributed by atoms with Crippen molar-refractivity contribution in [1.29, 1.82) is 0 Å². The van der Waals surface area contributed by atoms with Crippen molar-refractivity contribution in [3.8, 4) is 0 Å². The largest absolute Gasteiger partial charge is 0.466 e. The average Bonchev–Trinajstić information content (AvgIpc) is 3.00. The highest BCUT2D eigenvalue weighted by Gasteiger charge is 2.15. The smallest absolute Gasteiger partial charge is 0.310 e. The standard InChI is InChI=1S/C16H22N2OS2.C14H19NO2S/c20-16(18-5-9-19-10-6-18)13-14-1-3-15(4-2-14)17-7-11-21-12-8-17;1-2-17-14(16)11-12-3-5-13(6-4-12)15-7-9-18-10-8-15/h1-4H,5-13H2;3-6H,2,7-11H2,1H3. The highest BCUT2D eigenvalue weighted by Crippen LogP contribution is 2.21. The van der Waals surface area contributed by atoms with E-state index < -0.39 is 0 Å². The summed E-state index contributed by atoms with van der Waals surface area (Å²) in [6, 6.07) is 17.2. The lowest BCUT2D eigenvalue weighted by molar-refractivity contribution is -0.142. The third kappa shape index (κ3) is 9.88. The van der Waals surface area contributed by atoms with E-state index in [1.165, 1.54) is 39.9 Å². The molecule has 0 unspecified atom stereocenters. The Bertz CT molecular complexity index is 1020. The van der Waals surface area contributed by atoms with Crippen LogP contribution in [-0.2, 0) is 27.1 Å². The van der Waals surface area contributed by atoms with Crippen LogP contribution in [0.2, 0.25) is 0 Å². The minimum absolute atomic E-state index is 0.153. The summed E-state index contributed by atoms with van der Waals surface area (Å²) in [4.78, 5) is 19.5. The van der Waals surface area contributed by atoms with E-state index in [0.717, 1.165) is 69.5 Å². The minimum atomic E-state index is -0.153. The molecular formula is C30H41N3O3S3. The van der Waals surface area contributed by atoms with Gasteiger partial charge in [0.15, 0.2) is 0 Å². The van der Waals surface area contributed by atoms with E-state index in [-0.39, 0.29) is 5.97 Å². The number of ether oxygens (including phenoxy) is 2. The number of anilines is 2. The molecule has 0 saturated carbocycles. The normalized spacial score (nSPS) is 17.7. The topological polar surface area (TPSA) is 45.2 Å². The summed E-state index contributed by atoms with van der Waals surface area (Å²) >= 11 is 9.62. The Balaban J connectivity index is 0.000000183. The first-order valence-electron chi connectivity index (χ1n) is 14.0. The molecule has 3 aliphatic heterocycles. The van der Waals surface area contributed by atoms with Gasteiger partial charge in [-0.15, -0.1) is 0 Å². The SMILES string of the molecule is CCOC(=O)Cc1ccc(N2CCSCC2)cc1.S=C(Cc1ccc(N2CCSCC2)cc1)N1CCOCC1. The van der Waals surface area contributed by atoms with Crippen LogP contribution >= 0.6 is 35.7 Å². The van der Waals surface area contributed by atoms with Gasteiger partial charge in [-0.2, -0.15) is 23.5 Å². The molecule has 6 nitrogen and oxygen atoms in total. The van der Waals surface area contributed by atoms with Crippen LogP contribution in [-0.4, -0.2) is 98.0 Å². The maximum Gasteiger partial charge on any atom is 0.310 e. The van der Waals surface area contributed by atoms with Gasteiger partial charge in [-0.05, 0) is 42.3 Å². The van der Waals surface area contributed by atoms with Crippen LogP contribution in [0.3, 0.4) is 0 Å². The van der Waals surface area contributed by atoms with E-state index in [0.29, 0.717) is 13.0 Å². The fraction of sp³-hybridized carbons (Fsp3) is 0.533. The van der Waals surface area contributed by atoms with Crippen molar-refractivity contribution in [2.24, 2.45) is 0 Å². The molecule has 0 spiro atoms. The summed E-state index contributed by atoms with van der Waals surface area (Å²) in [6.07, 6.45) is 1.23. The summed E-state index contributed by atoms with van der Waals surface area (Å²) < 4.78 is 10.3. The van der Waals surface area contributed by atoms with Crippen molar-refractivity contribution in [3.05, 3.63) is 59.7 Å². The number of hydrogen-bond acceptors (Lipinski definition) is 8. The molecule has 2 aromatic carbocycles. The van der Waals surface area contributed by atoms with Crippen molar-refractivity contribution < 1.29 is 14.3 Å². The summed E-state index contributed by atoms with van der Waals surface area (Å²) in [7, 11) is 0. The van der Waals surface area contributed by atoms with Gasteiger partial charge < -0.3 is 24.2 Å². The van der Waals surface area contributed by atoms with Gasteiger partial charge in [-0.3, -0.25) is 4.79 Å². The van der Waals surface area contributed by atoms with Crippen LogP contribution in [0.15, 0.2) is 48.5 Å². The fourth-order valence-electron chi connectivity index (χ4n) is 4.77. The predicted molar refractivity (Wildman–Crippen MR) is 171 cm³/mol. The van der Waals surface area contributed by atoms with E-state index in [4.69, 9.17) is 21.7 Å². The van der Waals surface area contributed by atoms with Gasteiger partial charge in [0.25, 0.3) is 0 Å². The molecule has 0 aliphatic carbocycles. The molecule has 0 amide bonds. The molecule has 3 aliphatic rings.